The maximum absolute atomic E-state index is 6.22. The lowest BCUT2D eigenvalue weighted by Gasteiger charge is -2.30. The average molecular weight is 279 g/mol. The van der Waals surface area contributed by atoms with Gasteiger partial charge in [0.1, 0.15) is 5.75 Å². The summed E-state index contributed by atoms with van der Waals surface area (Å²) in [5.41, 5.74) is 11.8. The maximum Gasteiger partial charge on any atom is 0.119 e. The molecule has 2 atom stereocenters. The third-order valence-corrected chi connectivity index (χ3v) is 4.89. The molecule has 21 heavy (non-hydrogen) atoms. The number of benzene rings is 2. The molecule has 2 aromatic rings. The third kappa shape index (κ3) is 2.34. The van der Waals surface area contributed by atoms with Crippen LogP contribution in [0.3, 0.4) is 0 Å². The molecule has 4 rings (SSSR count). The first-order valence-corrected chi connectivity index (χ1v) is 7.90. The molecule has 0 radical (unpaired) electrons. The fraction of sp³-hybridized carbons (Fsp3) is 0.368. The zero-order valence-corrected chi connectivity index (χ0v) is 12.2. The largest absolute Gasteiger partial charge is 0.493 e. The van der Waals surface area contributed by atoms with Crippen molar-refractivity contribution in [3.63, 3.8) is 0 Å². The van der Waals surface area contributed by atoms with Gasteiger partial charge in [-0.25, -0.2) is 0 Å². The van der Waals surface area contributed by atoms with Crippen LogP contribution < -0.4 is 10.5 Å². The van der Waals surface area contributed by atoms with Crippen LogP contribution in [-0.2, 0) is 12.8 Å². The Morgan fingerprint density at radius 2 is 1.95 bits per heavy atom. The summed E-state index contributed by atoms with van der Waals surface area (Å²) >= 11 is 0. The first-order chi connectivity index (χ1) is 10.3. The van der Waals surface area contributed by atoms with E-state index >= 15 is 0 Å². The highest BCUT2D eigenvalue weighted by molar-refractivity contribution is 5.41. The Bertz CT molecular complexity index is 664. The number of ether oxygens (including phenoxy) is 1. The number of aryl methyl sites for hydroxylation is 1. The van der Waals surface area contributed by atoms with Gasteiger partial charge < -0.3 is 10.5 Å². The summed E-state index contributed by atoms with van der Waals surface area (Å²) < 4.78 is 6.03. The van der Waals surface area contributed by atoms with E-state index in [1.165, 1.54) is 28.7 Å². The van der Waals surface area contributed by atoms with E-state index in [0.717, 1.165) is 31.6 Å². The van der Waals surface area contributed by atoms with Crippen LogP contribution in [0.2, 0.25) is 0 Å². The summed E-state index contributed by atoms with van der Waals surface area (Å²) in [7, 11) is 0. The van der Waals surface area contributed by atoms with Crippen LogP contribution in [0.1, 0.15) is 47.1 Å². The molecule has 0 saturated heterocycles. The van der Waals surface area contributed by atoms with Crippen molar-refractivity contribution >= 4 is 0 Å². The lowest BCUT2D eigenvalue weighted by Crippen LogP contribution is -2.23. The highest BCUT2D eigenvalue weighted by Crippen LogP contribution is 2.36. The molecule has 108 valence electrons. The second kappa shape index (κ2) is 5.19. The van der Waals surface area contributed by atoms with Crippen LogP contribution in [0.25, 0.3) is 0 Å². The van der Waals surface area contributed by atoms with E-state index in [-0.39, 0.29) is 6.04 Å². The van der Waals surface area contributed by atoms with Gasteiger partial charge in [-0.05, 0) is 60.1 Å². The van der Waals surface area contributed by atoms with Gasteiger partial charge in [0.05, 0.1) is 6.61 Å². The fourth-order valence-corrected chi connectivity index (χ4v) is 3.61. The second-order valence-corrected chi connectivity index (χ2v) is 6.27. The van der Waals surface area contributed by atoms with Crippen LogP contribution in [0.5, 0.6) is 5.75 Å². The van der Waals surface area contributed by atoms with Gasteiger partial charge in [-0.3, -0.25) is 0 Å². The van der Waals surface area contributed by atoms with Crippen LogP contribution in [0.4, 0.5) is 0 Å². The van der Waals surface area contributed by atoms with E-state index in [2.05, 4.69) is 42.5 Å². The standard InChI is InChI=1S/C19H21NO/c20-19-7-3-5-13-8-9-16(11-18(13)19)21-12-15-10-14-4-1-2-6-17(14)15/h1-2,4,6,8-9,11,15,19H,3,5,7,10,12,20H2. The van der Waals surface area contributed by atoms with Crippen molar-refractivity contribution in [3.05, 3.63) is 64.7 Å². The number of nitrogens with two attached hydrogens (primary N) is 1. The Kier molecular flexibility index (Phi) is 3.19. The molecule has 0 heterocycles. The number of rotatable bonds is 3. The van der Waals surface area contributed by atoms with E-state index in [1.54, 1.807) is 0 Å². The molecule has 2 unspecified atom stereocenters. The van der Waals surface area contributed by atoms with Gasteiger partial charge in [0, 0.05) is 12.0 Å². The minimum absolute atomic E-state index is 0.182. The minimum Gasteiger partial charge on any atom is -0.493 e. The molecule has 0 fully saturated rings. The average Bonchev–Trinajstić information content (AvgIpc) is 2.49. The monoisotopic (exact) mass is 279 g/mol. The lowest BCUT2D eigenvalue weighted by molar-refractivity contribution is 0.274. The van der Waals surface area contributed by atoms with Gasteiger partial charge in [-0.2, -0.15) is 0 Å². The van der Waals surface area contributed by atoms with Gasteiger partial charge in [0.15, 0.2) is 0 Å². The predicted molar refractivity (Wildman–Crippen MR) is 84.7 cm³/mol. The summed E-state index contributed by atoms with van der Waals surface area (Å²) in [6, 6.07) is 15.3. The van der Waals surface area contributed by atoms with Crippen LogP contribution >= 0.6 is 0 Å². The van der Waals surface area contributed by atoms with Crippen LogP contribution in [-0.4, -0.2) is 6.61 Å². The lowest BCUT2D eigenvalue weighted by atomic mass is 9.78. The number of hydrogen-bond donors (Lipinski definition) is 1. The Hall–Kier alpha value is -1.80. The van der Waals surface area contributed by atoms with Gasteiger partial charge >= 0.3 is 0 Å². The molecule has 0 spiro atoms. The summed E-state index contributed by atoms with van der Waals surface area (Å²) in [4.78, 5) is 0. The first-order valence-electron chi connectivity index (χ1n) is 7.90. The molecule has 2 heteroatoms. The zero-order chi connectivity index (χ0) is 14.2. The Balaban J connectivity index is 1.46. The molecule has 2 aliphatic rings. The van der Waals surface area contributed by atoms with E-state index in [1.807, 2.05) is 0 Å². The summed E-state index contributed by atoms with van der Waals surface area (Å²) in [5.74, 6) is 1.52. The van der Waals surface area contributed by atoms with E-state index in [0.29, 0.717) is 5.92 Å². The highest BCUT2D eigenvalue weighted by atomic mass is 16.5. The summed E-state index contributed by atoms with van der Waals surface area (Å²) in [6.45, 7) is 0.769. The molecule has 2 aromatic carbocycles. The molecular formula is C19H21NO. The van der Waals surface area contributed by atoms with Crippen molar-refractivity contribution in [1.82, 2.24) is 0 Å². The topological polar surface area (TPSA) is 35.2 Å². The Morgan fingerprint density at radius 1 is 1.05 bits per heavy atom. The van der Waals surface area contributed by atoms with Crippen molar-refractivity contribution in [2.45, 2.75) is 37.6 Å². The molecule has 0 bridgehead atoms. The molecule has 2 nitrogen and oxygen atoms in total. The molecule has 0 aliphatic heterocycles. The van der Waals surface area contributed by atoms with Crippen molar-refractivity contribution in [3.8, 4) is 5.75 Å². The second-order valence-electron chi connectivity index (χ2n) is 6.27. The number of fused-ring (bicyclic) bond motifs is 2. The van der Waals surface area contributed by atoms with Gasteiger partial charge in [0.25, 0.3) is 0 Å². The van der Waals surface area contributed by atoms with E-state index in [4.69, 9.17) is 10.5 Å². The van der Waals surface area contributed by atoms with E-state index < -0.39 is 0 Å². The molecule has 2 aliphatic carbocycles. The molecule has 2 N–H and O–H groups in total. The molecular weight excluding hydrogens is 258 g/mol. The van der Waals surface area contributed by atoms with Gasteiger partial charge in [0.2, 0.25) is 0 Å². The first kappa shape index (κ1) is 12.9. The predicted octanol–water partition coefficient (Wildman–Crippen LogP) is 3.74. The molecule has 0 aromatic heterocycles. The Morgan fingerprint density at radius 3 is 2.86 bits per heavy atom. The summed E-state index contributed by atoms with van der Waals surface area (Å²) in [6.07, 6.45) is 4.58. The summed E-state index contributed by atoms with van der Waals surface area (Å²) in [5, 5.41) is 0. The van der Waals surface area contributed by atoms with Crippen molar-refractivity contribution in [2.24, 2.45) is 5.73 Å². The SMILES string of the molecule is NC1CCCc2ccc(OCC3Cc4ccccc43)cc21. The van der Waals surface area contributed by atoms with Crippen LogP contribution in [0.15, 0.2) is 42.5 Å². The molecule has 0 amide bonds. The van der Waals surface area contributed by atoms with Crippen molar-refractivity contribution < 1.29 is 4.74 Å². The zero-order valence-electron chi connectivity index (χ0n) is 12.2. The van der Waals surface area contributed by atoms with Crippen molar-refractivity contribution in [2.75, 3.05) is 6.61 Å². The normalized spacial score (nSPS) is 22.9. The Labute approximate surface area is 125 Å². The van der Waals surface area contributed by atoms with E-state index in [9.17, 15) is 0 Å². The third-order valence-electron chi connectivity index (χ3n) is 4.89. The van der Waals surface area contributed by atoms with Crippen LogP contribution in [0, 0.1) is 0 Å². The smallest absolute Gasteiger partial charge is 0.119 e. The molecule has 0 saturated carbocycles. The maximum atomic E-state index is 6.22. The minimum atomic E-state index is 0.182. The van der Waals surface area contributed by atoms with Gasteiger partial charge in [-0.1, -0.05) is 30.3 Å². The number of hydrogen-bond acceptors (Lipinski definition) is 2. The highest BCUT2D eigenvalue weighted by Gasteiger charge is 2.26. The van der Waals surface area contributed by atoms with Gasteiger partial charge in [-0.15, -0.1) is 0 Å². The van der Waals surface area contributed by atoms with Crippen molar-refractivity contribution in [1.29, 1.82) is 0 Å². The fourth-order valence-electron chi connectivity index (χ4n) is 3.61. The quantitative estimate of drug-likeness (QED) is 0.929.